The van der Waals surface area contributed by atoms with Crippen LogP contribution in [-0.4, -0.2) is 15.0 Å². The van der Waals surface area contributed by atoms with Gasteiger partial charge in [0.2, 0.25) is 0 Å². The number of hydrogen-bond donors (Lipinski definition) is 0. The Morgan fingerprint density at radius 2 is 1.59 bits per heavy atom. The summed E-state index contributed by atoms with van der Waals surface area (Å²) in [7, 11) is 0. The number of benzene rings is 2. The summed E-state index contributed by atoms with van der Waals surface area (Å²) in [6, 6.07) is 20.1. The first-order valence-corrected chi connectivity index (χ1v) is 7.15. The minimum Gasteiger partial charge on any atom is -0.180 e. The molecule has 0 aliphatic rings. The van der Waals surface area contributed by atoms with Gasteiger partial charge in [0, 0.05) is 11.1 Å². The zero-order chi connectivity index (χ0) is 15.4. The summed E-state index contributed by atoms with van der Waals surface area (Å²) in [4.78, 5) is 1.65. The minimum absolute atomic E-state index is 0.571. The van der Waals surface area contributed by atoms with Crippen LogP contribution in [0.15, 0.2) is 79.9 Å². The van der Waals surface area contributed by atoms with E-state index in [1.165, 1.54) is 0 Å². The molecule has 0 amide bonds. The lowest BCUT2D eigenvalue weighted by Gasteiger charge is -2.04. The maximum Gasteiger partial charge on any atom is 0.121 e. The zero-order valence-electron chi connectivity index (χ0n) is 12.3. The average molecular weight is 287 g/mol. The van der Waals surface area contributed by atoms with Gasteiger partial charge in [0.1, 0.15) is 11.4 Å². The highest BCUT2D eigenvalue weighted by Crippen LogP contribution is 2.28. The van der Waals surface area contributed by atoms with Crippen LogP contribution in [0.5, 0.6) is 0 Å². The van der Waals surface area contributed by atoms with Crippen molar-refractivity contribution in [2.24, 2.45) is 0 Å². The molecule has 0 fully saturated rings. The molecule has 0 aliphatic carbocycles. The standard InChI is InChI=1S/C19H17N3/c1-3-14-22-20-18(15(2)16-10-6-4-7-11-16)19(21-22)17-12-8-5-9-13-17/h3-13H,1-2,14H2. The topological polar surface area (TPSA) is 30.7 Å². The Balaban J connectivity index is 2.10. The van der Waals surface area contributed by atoms with Crippen molar-refractivity contribution in [3.63, 3.8) is 0 Å². The highest BCUT2D eigenvalue weighted by atomic mass is 15.5. The van der Waals surface area contributed by atoms with E-state index in [0.29, 0.717) is 6.54 Å². The summed E-state index contributed by atoms with van der Waals surface area (Å²) in [6.07, 6.45) is 1.78. The summed E-state index contributed by atoms with van der Waals surface area (Å²) < 4.78 is 0. The predicted octanol–water partition coefficient (Wildman–Crippen LogP) is 4.19. The third-order valence-corrected chi connectivity index (χ3v) is 3.40. The SMILES string of the molecule is C=CCn1nc(C(=C)c2ccccc2)c(-c2ccccc2)n1. The number of nitrogens with zero attached hydrogens (tertiary/aromatic N) is 3. The van der Waals surface area contributed by atoms with Crippen LogP contribution in [0.2, 0.25) is 0 Å². The number of rotatable bonds is 5. The van der Waals surface area contributed by atoms with Gasteiger partial charge in [-0.2, -0.15) is 15.0 Å². The van der Waals surface area contributed by atoms with Crippen molar-refractivity contribution < 1.29 is 0 Å². The molecule has 3 heteroatoms. The predicted molar refractivity (Wildman–Crippen MR) is 90.2 cm³/mol. The molecule has 0 N–H and O–H groups in total. The first-order valence-electron chi connectivity index (χ1n) is 7.15. The Morgan fingerprint density at radius 3 is 2.23 bits per heavy atom. The maximum atomic E-state index is 4.59. The average Bonchev–Trinajstić information content (AvgIpc) is 3.00. The van der Waals surface area contributed by atoms with Gasteiger partial charge in [-0.15, -0.1) is 6.58 Å². The molecule has 2 aromatic carbocycles. The van der Waals surface area contributed by atoms with E-state index in [-0.39, 0.29) is 0 Å². The van der Waals surface area contributed by atoms with Gasteiger partial charge in [0.05, 0.1) is 6.54 Å². The van der Waals surface area contributed by atoms with Gasteiger partial charge in [0.25, 0.3) is 0 Å². The molecular formula is C19H17N3. The summed E-state index contributed by atoms with van der Waals surface area (Å²) >= 11 is 0. The third kappa shape index (κ3) is 2.74. The molecule has 0 unspecified atom stereocenters. The van der Waals surface area contributed by atoms with E-state index in [4.69, 9.17) is 0 Å². The van der Waals surface area contributed by atoms with Gasteiger partial charge in [-0.25, -0.2) is 0 Å². The normalized spacial score (nSPS) is 10.4. The number of aromatic nitrogens is 3. The first-order chi connectivity index (χ1) is 10.8. The Bertz CT molecular complexity index is 786. The lowest BCUT2D eigenvalue weighted by molar-refractivity contribution is 0.602. The van der Waals surface area contributed by atoms with Gasteiger partial charge in [-0.1, -0.05) is 73.3 Å². The van der Waals surface area contributed by atoms with Crippen molar-refractivity contribution in [1.82, 2.24) is 15.0 Å². The summed E-state index contributed by atoms with van der Waals surface area (Å²) in [5.74, 6) is 0. The fraction of sp³-hybridized carbons (Fsp3) is 0.0526. The van der Waals surface area contributed by atoms with Gasteiger partial charge in [-0.05, 0) is 5.56 Å². The Morgan fingerprint density at radius 1 is 0.955 bits per heavy atom. The van der Waals surface area contributed by atoms with Crippen LogP contribution in [0.25, 0.3) is 16.8 Å². The molecule has 0 atom stereocenters. The Hall–Kier alpha value is -2.94. The Labute approximate surface area is 130 Å². The molecule has 3 aromatic rings. The molecule has 0 saturated heterocycles. The molecule has 0 saturated carbocycles. The second-order valence-corrected chi connectivity index (χ2v) is 4.95. The van der Waals surface area contributed by atoms with Crippen molar-refractivity contribution in [1.29, 1.82) is 0 Å². The molecule has 3 rings (SSSR count). The molecule has 0 spiro atoms. The van der Waals surface area contributed by atoms with Crippen LogP contribution in [0.4, 0.5) is 0 Å². The largest absolute Gasteiger partial charge is 0.180 e. The van der Waals surface area contributed by atoms with Crippen molar-refractivity contribution in [3.8, 4) is 11.3 Å². The van der Waals surface area contributed by atoms with Crippen molar-refractivity contribution in [2.75, 3.05) is 0 Å². The molecule has 0 radical (unpaired) electrons. The second kappa shape index (κ2) is 6.22. The van der Waals surface area contributed by atoms with Crippen molar-refractivity contribution in [2.45, 2.75) is 6.54 Å². The van der Waals surface area contributed by atoms with E-state index >= 15 is 0 Å². The van der Waals surface area contributed by atoms with E-state index in [1.807, 2.05) is 60.7 Å². The first kappa shape index (κ1) is 14.0. The molecule has 3 nitrogen and oxygen atoms in total. The third-order valence-electron chi connectivity index (χ3n) is 3.40. The van der Waals surface area contributed by atoms with Gasteiger partial charge in [-0.3, -0.25) is 0 Å². The fourth-order valence-electron chi connectivity index (χ4n) is 2.31. The van der Waals surface area contributed by atoms with Crippen LogP contribution < -0.4 is 0 Å². The summed E-state index contributed by atoms with van der Waals surface area (Å²) in [5, 5.41) is 9.18. The number of allylic oxidation sites excluding steroid dienone is 1. The molecule has 0 aliphatic heterocycles. The fourth-order valence-corrected chi connectivity index (χ4v) is 2.31. The monoisotopic (exact) mass is 287 g/mol. The van der Waals surface area contributed by atoms with E-state index < -0.39 is 0 Å². The van der Waals surface area contributed by atoms with Crippen LogP contribution >= 0.6 is 0 Å². The van der Waals surface area contributed by atoms with Gasteiger partial charge >= 0.3 is 0 Å². The molecule has 22 heavy (non-hydrogen) atoms. The van der Waals surface area contributed by atoms with E-state index in [1.54, 1.807) is 10.9 Å². The zero-order valence-corrected chi connectivity index (χ0v) is 12.3. The molecule has 108 valence electrons. The minimum atomic E-state index is 0.571. The highest BCUT2D eigenvalue weighted by Gasteiger charge is 2.16. The van der Waals surface area contributed by atoms with Crippen molar-refractivity contribution >= 4 is 5.57 Å². The van der Waals surface area contributed by atoms with Gasteiger partial charge < -0.3 is 0 Å². The molecular weight excluding hydrogens is 270 g/mol. The summed E-state index contributed by atoms with van der Waals surface area (Å²) in [5.41, 5.74) is 4.60. The van der Waals surface area contributed by atoms with Crippen LogP contribution in [0, 0.1) is 0 Å². The second-order valence-electron chi connectivity index (χ2n) is 4.95. The van der Waals surface area contributed by atoms with E-state index in [0.717, 1.165) is 28.1 Å². The lowest BCUT2D eigenvalue weighted by Crippen LogP contribution is -2.00. The Kier molecular flexibility index (Phi) is 3.97. The number of hydrogen-bond acceptors (Lipinski definition) is 2. The van der Waals surface area contributed by atoms with E-state index in [2.05, 4.69) is 23.4 Å². The summed E-state index contributed by atoms with van der Waals surface area (Å²) in [6.45, 7) is 8.53. The lowest BCUT2D eigenvalue weighted by atomic mass is 10.0. The van der Waals surface area contributed by atoms with Crippen LogP contribution in [0.3, 0.4) is 0 Å². The molecule has 1 aromatic heterocycles. The van der Waals surface area contributed by atoms with Crippen molar-refractivity contribution in [3.05, 3.63) is 91.2 Å². The molecule has 1 heterocycles. The smallest absolute Gasteiger partial charge is 0.121 e. The maximum absolute atomic E-state index is 4.59. The highest BCUT2D eigenvalue weighted by molar-refractivity contribution is 5.83. The van der Waals surface area contributed by atoms with E-state index in [9.17, 15) is 0 Å². The van der Waals surface area contributed by atoms with Crippen LogP contribution in [0.1, 0.15) is 11.3 Å². The van der Waals surface area contributed by atoms with Gasteiger partial charge in [0.15, 0.2) is 0 Å². The van der Waals surface area contributed by atoms with Crippen LogP contribution in [-0.2, 0) is 6.54 Å². The molecule has 0 bridgehead atoms. The quantitative estimate of drug-likeness (QED) is 0.659.